The molecule has 2 aromatic carbocycles. The molecule has 0 saturated heterocycles. The van der Waals surface area contributed by atoms with E-state index < -0.39 is 6.61 Å². The van der Waals surface area contributed by atoms with Crippen molar-refractivity contribution >= 4 is 11.9 Å². The molecule has 0 bridgehead atoms. The summed E-state index contributed by atoms with van der Waals surface area (Å²) >= 11 is 0. The van der Waals surface area contributed by atoms with E-state index in [1.165, 1.54) is 17.2 Å². The summed E-state index contributed by atoms with van der Waals surface area (Å²) in [7, 11) is 1.63. The second-order valence-corrected chi connectivity index (χ2v) is 6.96. The zero-order chi connectivity index (χ0) is 21.3. The third-order valence-corrected chi connectivity index (χ3v) is 4.91. The molecule has 3 rings (SSSR count). The topological polar surface area (TPSA) is 66.0 Å². The number of guanidine groups is 1. The molecule has 160 valence electrons. The SMILES string of the molecule is CN=C(NCCCC(=O)N1Cc2ccccc2C1)NCc1ccccc1OC(F)F. The molecule has 0 radical (unpaired) electrons. The lowest BCUT2D eigenvalue weighted by Crippen LogP contribution is -2.37. The van der Waals surface area contributed by atoms with Crippen molar-refractivity contribution in [3.05, 3.63) is 65.2 Å². The van der Waals surface area contributed by atoms with Crippen molar-refractivity contribution < 1.29 is 18.3 Å². The van der Waals surface area contributed by atoms with E-state index in [1.54, 1.807) is 25.2 Å². The van der Waals surface area contributed by atoms with Crippen molar-refractivity contribution in [1.82, 2.24) is 15.5 Å². The van der Waals surface area contributed by atoms with E-state index in [4.69, 9.17) is 0 Å². The highest BCUT2D eigenvalue weighted by Crippen LogP contribution is 2.23. The third kappa shape index (κ3) is 5.92. The van der Waals surface area contributed by atoms with Gasteiger partial charge >= 0.3 is 6.61 Å². The van der Waals surface area contributed by atoms with Gasteiger partial charge in [0.25, 0.3) is 0 Å². The van der Waals surface area contributed by atoms with Crippen LogP contribution in [0.2, 0.25) is 0 Å². The van der Waals surface area contributed by atoms with Gasteiger partial charge in [-0.1, -0.05) is 42.5 Å². The Morgan fingerprint density at radius 2 is 1.77 bits per heavy atom. The number of alkyl halides is 2. The Hall–Kier alpha value is -3.16. The molecule has 1 aliphatic heterocycles. The first-order chi connectivity index (χ1) is 14.6. The van der Waals surface area contributed by atoms with E-state index in [2.05, 4.69) is 32.5 Å². The highest BCUT2D eigenvalue weighted by atomic mass is 19.3. The first-order valence-corrected chi connectivity index (χ1v) is 9.88. The molecule has 2 aromatic rings. The number of fused-ring (bicyclic) bond motifs is 1. The number of nitrogens with zero attached hydrogens (tertiary/aromatic N) is 2. The van der Waals surface area contributed by atoms with Crippen LogP contribution >= 0.6 is 0 Å². The lowest BCUT2D eigenvalue weighted by molar-refractivity contribution is -0.131. The number of hydrogen-bond donors (Lipinski definition) is 2. The Morgan fingerprint density at radius 3 is 2.43 bits per heavy atom. The molecule has 30 heavy (non-hydrogen) atoms. The van der Waals surface area contributed by atoms with Crippen molar-refractivity contribution in [3.63, 3.8) is 0 Å². The standard InChI is InChI=1S/C22H26F2N4O2/c1-25-22(27-13-16-7-4-5-10-19(16)30-21(23)24)26-12-6-11-20(29)28-14-17-8-2-3-9-18(17)15-28/h2-5,7-10,21H,6,11-15H2,1H3,(H2,25,26,27). The van der Waals surface area contributed by atoms with Gasteiger partial charge in [0, 0.05) is 45.2 Å². The van der Waals surface area contributed by atoms with Gasteiger partial charge in [0.15, 0.2) is 5.96 Å². The summed E-state index contributed by atoms with van der Waals surface area (Å²) in [5.41, 5.74) is 3.03. The molecule has 0 aliphatic carbocycles. The summed E-state index contributed by atoms with van der Waals surface area (Å²) in [6.07, 6.45) is 1.11. The molecule has 1 heterocycles. The molecular formula is C22H26F2N4O2. The number of hydrogen-bond acceptors (Lipinski definition) is 3. The second kappa shape index (κ2) is 10.6. The fourth-order valence-corrected chi connectivity index (χ4v) is 3.37. The molecule has 2 N–H and O–H groups in total. The van der Waals surface area contributed by atoms with Crippen molar-refractivity contribution in [2.45, 2.75) is 39.1 Å². The fourth-order valence-electron chi connectivity index (χ4n) is 3.37. The molecule has 0 spiro atoms. The molecule has 1 amide bonds. The van der Waals surface area contributed by atoms with Gasteiger partial charge in [-0.3, -0.25) is 9.79 Å². The van der Waals surface area contributed by atoms with Crippen LogP contribution in [-0.2, 0) is 24.4 Å². The quantitative estimate of drug-likeness (QED) is 0.394. The molecule has 8 heteroatoms. The van der Waals surface area contributed by atoms with Crippen LogP contribution in [-0.4, -0.2) is 37.0 Å². The van der Waals surface area contributed by atoms with Crippen molar-refractivity contribution in [2.75, 3.05) is 13.6 Å². The maximum Gasteiger partial charge on any atom is 0.387 e. The average Bonchev–Trinajstić information content (AvgIpc) is 3.18. The number of halogens is 2. The molecule has 0 fully saturated rings. The first kappa shape index (κ1) is 21.5. The normalized spacial score (nSPS) is 13.3. The number of amides is 1. The second-order valence-electron chi connectivity index (χ2n) is 6.96. The highest BCUT2D eigenvalue weighted by molar-refractivity contribution is 5.80. The van der Waals surface area contributed by atoms with Crippen LogP contribution in [0.4, 0.5) is 8.78 Å². The van der Waals surface area contributed by atoms with E-state index in [9.17, 15) is 13.6 Å². The molecule has 6 nitrogen and oxygen atoms in total. The van der Waals surface area contributed by atoms with Crippen molar-refractivity contribution in [3.8, 4) is 5.75 Å². The summed E-state index contributed by atoms with van der Waals surface area (Å²) < 4.78 is 29.6. The van der Waals surface area contributed by atoms with Gasteiger partial charge < -0.3 is 20.3 Å². The number of benzene rings is 2. The zero-order valence-corrected chi connectivity index (χ0v) is 16.9. The predicted molar refractivity (Wildman–Crippen MR) is 111 cm³/mol. The number of carbonyl (C=O) groups is 1. The van der Waals surface area contributed by atoms with Crippen LogP contribution in [0.5, 0.6) is 5.75 Å². The molecular weight excluding hydrogens is 390 g/mol. The Kier molecular flexibility index (Phi) is 7.59. The van der Waals surface area contributed by atoms with Crippen LogP contribution in [0.15, 0.2) is 53.5 Å². The van der Waals surface area contributed by atoms with Gasteiger partial charge in [-0.05, 0) is 23.6 Å². The zero-order valence-electron chi connectivity index (χ0n) is 16.9. The summed E-state index contributed by atoms with van der Waals surface area (Å²) in [6, 6.07) is 14.7. The fraction of sp³-hybridized carbons (Fsp3) is 0.364. The van der Waals surface area contributed by atoms with E-state index in [-0.39, 0.29) is 18.2 Å². The van der Waals surface area contributed by atoms with Crippen LogP contribution in [0.1, 0.15) is 29.5 Å². The summed E-state index contributed by atoms with van der Waals surface area (Å²) in [5, 5.41) is 6.22. The molecule has 1 aliphatic rings. The van der Waals surface area contributed by atoms with Crippen LogP contribution < -0.4 is 15.4 Å². The van der Waals surface area contributed by atoms with Gasteiger partial charge in [0.1, 0.15) is 5.75 Å². The Bertz CT molecular complexity index is 864. The van der Waals surface area contributed by atoms with E-state index in [1.807, 2.05) is 17.0 Å². The minimum atomic E-state index is -2.87. The maximum atomic E-state index is 12.5. The average molecular weight is 416 g/mol. The number of nitrogens with one attached hydrogen (secondary N) is 2. The number of ether oxygens (including phenoxy) is 1. The molecule has 0 atom stereocenters. The van der Waals surface area contributed by atoms with Gasteiger partial charge in [-0.2, -0.15) is 8.78 Å². The third-order valence-electron chi connectivity index (χ3n) is 4.91. The summed E-state index contributed by atoms with van der Waals surface area (Å²) in [5.74, 6) is 0.796. The number of carbonyl (C=O) groups excluding carboxylic acids is 1. The lowest BCUT2D eigenvalue weighted by atomic mass is 10.1. The largest absolute Gasteiger partial charge is 0.434 e. The van der Waals surface area contributed by atoms with Gasteiger partial charge in [-0.15, -0.1) is 0 Å². The van der Waals surface area contributed by atoms with Crippen LogP contribution in [0, 0.1) is 0 Å². The van der Waals surface area contributed by atoms with E-state index in [0.29, 0.717) is 44.0 Å². The van der Waals surface area contributed by atoms with Crippen LogP contribution in [0.25, 0.3) is 0 Å². The van der Waals surface area contributed by atoms with Crippen molar-refractivity contribution in [2.24, 2.45) is 4.99 Å². The first-order valence-electron chi connectivity index (χ1n) is 9.88. The number of rotatable bonds is 8. The van der Waals surface area contributed by atoms with E-state index >= 15 is 0 Å². The van der Waals surface area contributed by atoms with E-state index in [0.717, 1.165) is 0 Å². The minimum absolute atomic E-state index is 0.132. The molecule has 0 aromatic heterocycles. The Labute approximate surface area is 174 Å². The molecule has 0 saturated carbocycles. The van der Waals surface area contributed by atoms with Gasteiger partial charge in [0.05, 0.1) is 0 Å². The maximum absolute atomic E-state index is 12.5. The van der Waals surface area contributed by atoms with Gasteiger partial charge in [0.2, 0.25) is 5.91 Å². The lowest BCUT2D eigenvalue weighted by Gasteiger charge is -2.16. The monoisotopic (exact) mass is 416 g/mol. The number of aliphatic imine (C=N–C) groups is 1. The minimum Gasteiger partial charge on any atom is -0.434 e. The van der Waals surface area contributed by atoms with Crippen molar-refractivity contribution in [1.29, 1.82) is 0 Å². The highest BCUT2D eigenvalue weighted by Gasteiger charge is 2.22. The van der Waals surface area contributed by atoms with Gasteiger partial charge in [-0.25, -0.2) is 0 Å². The predicted octanol–water partition coefficient (Wildman–Crippen LogP) is 3.28. The Morgan fingerprint density at radius 1 is 1.10 bits per heavy atom. The molecule has 0 unspecified atom stereocenters. The Balaban J connectivity index is 1.39. The van der Waals surface area contributed by atoms with Crippen LogP contribution in [0.3, 0.4) is 0 Å². The summed E-state index contributed by atoms with van der Waals surface area (Å²) in [4.78, 5) is 18.4. The smallest absolute Gasteiger partial charge is 0.387 e. The number of para-hydroxylation sites is 1. The summed E-state index contributed by atoms with van der Waals surface area (Å²) in [6.45, 7) is -0.670.